The summed E-state index contributed by atoms with van der Waals surface area (Å²) in [6.45, 7) is 0. The predicted octanol–water partition coefficient (Wildman–Crippen LogP) is 23.0. The molecule has 0 N–H and O–H groups in total. The number of nitrogens with zero attached hydrogens (tertiary/aromatic N) is 2. The summed E-state index contributed by atoms with van der Waals surface area (Å²) in [5.41, 5.74) is 17.1. The molecule has 0 saturated carbocycles. The number of rotatable bonds is 8. The maximum Gasteiger partial charge on any atom is 0.143 e. The Hall–Kier alpha value is -11.3. The van der Waals surface area contributed by atoms with E-state index < -0.39 is 0 Å². The fraction of sp³-hybridized carbons (Fsp3) is 0. The van der Waals surface area contributed by atoms with Crippen LogP contribution in [0.25, 0.3) is 142 Å². The second-order valence-electron chi connectivity index (χ2n) is 21.9. The van der Waals surface area contributed by atoms with Crippen LogP contribution in [0.4, 0.5) is 34.1 Å². The summed E-state index contributed by atoms with van der Waals surface area (Å²) in [4.78, 5) is 4.59. The minimum Gasteiger partial charge on any atom is -0.456 e. The monoisotopic (exact) mass is 1070 g/mol. The smallest absolute Gasteiger partial charge is 0.143 e. The molecule has 0 bridgehead atoms. The third-order valence-corrected chi connectivity index (χ3v) is 17.1. The SMILES string of the molecule is c1ccc(N(c2cccc(-c3cccc4c3oc3ccc5ccccc5c34)c2)c2ccc3c(c2)oc2cc4cc5c(cc4cc23)oc2cc(N(c3ccccc3)c3cccc(-c4cccc6c4oc4ccc7ccccc7c46)c3)ccc25)cc1. The standard InChI is InChI=1S/C78H46N2O4/c1-3-19-53(20-4-1)79(55-23-11-17-49(39-55)61-27-13-29-65-75-59-25-9-7-15-47(59)31-37-69(75)83-77(61)65)57-33-35-63-67-41-51-44-72-68(42-52(51)43-71(67)81-73(63)45-57)64-36-34-58(46-74(64)82-72)80(54-21-5-2-6-22-54)56-24-12-18-50(40-56)62-28-14-30-66-76-60-26-10-8-16-48(60)32-38-70(76)84-78(62)66/h1-46H. The molecule has 0 aliphatic heterocycles. The summed E-state index contributed by atoms with van der Waals surface area (Å²) in [6.07, 6.45) is 0. The van der Waals surface area contributed by atoms with Gasteiger partial charge in [0.15, 0.2) is 0 Å². The Balaban J connectivity index is 0.703. The first kappa shape index (κ1) is 46.4. The first-order valence-electron chi connectivity index (χ1n) is 28.4. The maximum atomic E-state index is 6.84. The number of hydrogen-bond donors (Lipinski definition) is 0. The van der Waals surface area contributed by atoms with Gasteiger partial charge >= 0.3 is 0 Å². The molecule has 84 heavy (non-hydrogen) atoms. The van der Waals surface area contributed by atoms with Gasteiger partial charge in [0.1, 0.15) is 44.7 Å². The average Bonchev–Trinajstić information content (AvgIpc) is 2.30. The van der Waals surface area contributed by atoms with Crippen LogP contribution in [0.3, 0.4) is 0 Å². The van der Waals surface area contributed by atoms with E-state index in [0.717, 1.165) is 155 Å². The largest absolute Gasteiger partial charge is 0.456 e. The van der Waals surface area contributed by atoms with Gasteiger partial charge in [-0.15, -0.1) is 0 Å². The van der Waals surface area contributed by atoms with Gasteiger partial charge in [0, 0.05) is 100 Å². The van der Waals surface area contributed by atoms with Crippen molar-refractivity contribution in [1.82, 2.24) is 0 Å². The van der Waals surface area contributed by atoms with Gasteiger partial charge in [0.2, 0.25) is 0 Å². The van der Waals surface area contributed by atoms with Gasteiger partial charge in [0.05, 0.1) is 0 Å². The lowest BCUT2D eigenvalue weighted by Crippen LogP contribution is -2.09. The molecule has 4 heterocycles. The highest BCUT2D eigenvalue weighted by Crippen LogP contribution is 2.47. The van der Waals surface area contributed by atoms with E-state index in [9.17, 15) is 0 Å². The molecule has 18 rings (SSSR count). The second kappa shape index (κ2) is 18.1. The van der Waals surface area contributed by atoms with Gasteiger partial charge in [-0.25, -0.2) is 0 Å². The van der Waals surface area contributed by atoms with Crippen molar-refractivity contribution in [3.8, 4) is 22.3 Å². The Kier molecular flexibility index (Phi) is 9.99. The van der Waals surface area contributed by atoms with E-state index in [0.29, 0.717) is 0 Å². The average molecular weight is 1080 g/mol. The van der Waals surface area contributed by atoms with E-state index in [1.165, 1.54) is 21.5 Å². The van der Waals surface area contributed by atoms with Crippen molar-refractivity contribution in [2.24, 2.45) is 0 Å². The predicted molar refractivity (Wildman–Crippen MR) is 348 cm³/mol. The number of benzene rings is 14. The van der Waals surface area contributed by atoms with Crippen LogP contribution in [0.5, 0.6) is 0 Å². The summed E-state index contributed by atoms with van der Waals surface area (Å²) in [6, 6.07) is 98.9. The van der Waals surface area contributed by atoms with Crippen LogP contribution < -0.4 is 9.80 Å². The maximum absolute atomic E-state index is 6.84. The van der Waals surface area contributed by atoms with E-state index in [-0.39, 0.29) is 0 Å². The van der Waals surface area contributed by atoms with E-state index >= 15 is 0 Å². The van der Waals surface area contributed by atoms with Crippen molar-refractivity contribution in [2.45, 2.75) is 0 Å². The van der Waals surface area contributed by atoms with Crippen molar-refractivity contribution in [1.29, 1.82) is 0 Å². The first-order chi connectivity index (χ1) is 41.6. The summed E-state index contributed by atoms with van der Waals surface area (Å²) in [5.74, 6) is 0. The zero-order valence-electron chi connectivity index (χ0n) is 45.1. The Morgan fingerprint density at radius 3 is 1.07 bits per heavy atom. The van der Waals surface area contributed by atoms with Gasteiger partial charge in [-0.3, -0.25) is 0 Å². The highest BCUT2D eigenvalue weighted by atomic mass is 16.3. The van der Waals surface area contributed by atoms with Crippen LogP contribution in [0.2, 0.25) is 0 Å². The van der Waals surface area contributed by atoms with Crippen molar-refractivity contribution in [3.63, 3.8) is 0 Å². The first-order valence-corrected chi connectivity index (χ1v) is 28.4. The number of anilines is 6. The van der Waals surface area contributed by atoms with E-state index in [1.54, 1.807) is 0 Å². The molecule has 0 radical (unpaired) electrons. The fourth-order valence-electron chi connectivity index (χ4n) is 13.3. The van der Waals surface area contributed by atoms with E-state index in [4.69, 9.17) is 17.7 Å². The molecular formula is C78H46N2O4. The highest BCUT2D eigenvalue weighted by Gasteiger charge is 2.22. The Morgan fingerprint density at radius 1 is 0.202 bits per heavy atom. The van der Waals surface area contributed by atoms with Gasteiger partial charge < -0.3 is 27.5 Å². The molecule has 0 amide bonds. The molecule has 0 unspecified atom stereocenters. The molecule has 18 aromatic rings. The molecule has 0 atom stereocenters. The zero-order valence-corrected chi connectivity index (χ0v) is 45.1. The van der Waals surface area contributed by atoms with Crippen molar-refractivity contribution in [3.05, 3.63) is 279 Å². The lowest BCUT2D eigenvalue weighted by Gasteiger charge is -2.26. The third-order valence-electron chi connectivity index (χ3n) is 17.1. The number of fused-ring (bicyclic) bond motifs is 17. The van der Waals surface area contributed by atoms with Crippen LogP contribution in [-0.2, 0) is 0 Å². The minimum atomic E-state index is 0.810. The number of furan rings is 4. The summed E-state index contributed by atoms with van der Waals surface area (Å²) >= 11 is 0. The fourth-order valence-corrected chi connectivity index (χ4v) is 13.3. The molecule has 6 nitrogen and oxygen atoms in total. The quantitative estimate of drug-likeness (QED) is 0.151. The second-order valence-corrected chi connectivity index (χ2v) is 21.9. The van der Waals surface area contributed by atoms with Crippen molar-refractivity contribution >= 4 is 154 Å². The molecular weight excluding hydrogens is 1030 g/mol. The summed E-state index contributed by atoms with van der Waals surface area (Å²) in [5, 5.41) is 15.6. The van der Waals surface area contributed by atoms with Gasteiger partial charge in [-0.2, -0.15) is 0 Å². The van der Waals surface area contributed by atoms with Crippen LogP contribution in [0.15, 0.2) is 297 Å². The van der Waals surface area contributed by atoms with Crippen LogP contribution in [0, 0.1) is 0 Å². The lowest BCUT2D eigenvalue weighted by molar-refractivity contribution is 0.668. The zero-order chi connectivity index (χ0) is 55.0. The lowest BCUT2D eigenvalue weighted by atomic mass is 9.99. The number of hydrogen-bond acceptors (Lipinski definition) is 6. The molecule has 14 aromatic carbocycles. The van der Waals surface area contributed by atoms with Crippen molar-refractivity contribution in [2.75, 3.05) is 9.80 Å². The molecule has 0 saturated heterocycles. The molecule has 0 fully saturated rings. The Morgan fingerprint density at radius 2 is 0.595 bits per heavy atom. The Labute approximate surface area is 480 Å². The highest BCUT2D eigenvalue weighted by molar-refractivity contribution is 6.22. The number of para-hydroxylation sites is 4. The van der Waals surface area contributed by atoms with E-state index in [2.05, 4.69) is 289 Å². The topological polar surface area (TPSA) is 59.0 Å². The normalized spacial score (nSPS) is 12.0. The minimum absolute atomic E-state index is 0.810. The van der Waals surface area contributed by atoms with Gasteiger partial charge in [0.25, 0.3) is 0 Å². The summed E-state index contributed by atoms with van der Waals surface area (Å²) < 4.78 is 27.1. The molecule has 392 valence electrons. The van der Waals surface area contributed by atoms with Gasteiger partial charge in [-0.1, -0.05) is 158 Å². The van der Waals surface area contributed by atoms with Crippen LogP contribution in [-0.4, -0.2) is 0 Å². The van der Waals surface area contributed by atoms with Crippen molar-refractivity contribution < 1.29 is 17.7 Å². The van der Waals surface area contributed by atoms with Crippen LogP contribution in [0.1, 0.15) is 0 Å². The van der Waals surface area contributed by atoms with E-state index in [1.807, 2.05) is 0 Å². The Bertz CT molecular complexity index is 5360. The third kappa shape index (κ3) is 7.17. The molecule has 0 spiro atoms. The van der Waals surface area contributed by atoms with Crippen LogP contribution >= 0.6 is 0 Å². The van der Waals surface area contributed by atoms with Gasteiger partial charge in [-0.05, 0) is 153 Å². The summed E-state index contributed by atoms with van der Waals surface area (Å²) in [7, 11) is 0. The molecule has 4 aromatic heterocycles. The molecule has 0 aliphatic carbocycles. The molecule has 6 heteroatoms. The molecule has 0 aliphatic rings.